The molecule has 12 heavy (non-hydrogen) atoms. The number of likely N-dealkylation sites (tertiary alicyclic amines) is 1. The number of rotatable bonds is 3. The first-order valence-electron chi connectivity index (χ1n) is 4.23. The van der Waals surface area contributed by atoms with Crippen molar-refractivity contribution < 1.29 is 15.0 Å². The number of aliphatic carboxylic acids is 1. The molecule has 1 heterocycles. The van der Waals surface area contributed by atoms with Crippen LogP contribution in [0, 0.1) is 5.92 Å². The van der Waals surface area contributed by atoms with Gasteiger partial charge >= 0.3 is 5.97 Å². The van der Waals surface area contributed by atoms with Crippen LogP contribution in [0.4, 0.5) is 0 Å². The molecule has 0 aromatic rings. The van der Waals surface area contributed by atoms with E-state index >= 15 is 0 Å². The summed E-state index contributed by atoms with van der Waals surface area (Å²) in [6.07, 6.45) is 0.512. The van der Waals surface area contributed by atoms with Crippen LogP contribution in [0.3, 0.4) is 0 Å². The predicted octanol–water partition coefficient (Wildman–Crippen LogP) is -0.226. The van der Waals surface area contributed by atoms with Crippen LogP contribution in [0.1, 0.15) is 13.3 Å². The van der Waals surface area contributed by atoms with Crippen LogP contribution < -0.4 is 0 Å². The molecule has 0 aromatic heterocycles. The summed E-state index contributed by atoms with van der Waals surface area (Å²) < 4.78 is 0. The van der Waals surface area contributed by atoms with E-state index in [9.17, 15) is 4.79 Å². The van der Waals surface area contributed by atoms with Gasteiger partial charge in [0.25, 0.3) is 0 Å². The molecule has 4 nitrogen and oxygen atoms in total. The highest BCUT2D eigenvalue weighted by molar-refractivity contribution is 5.69. The normalized spacial score (nSPS) is 27.3. The van der Waals surface area contributed by atoms with E-state index in [1.165, 1.54) is 0 Å². The Bertz CT molecular complexity index is 172. The van der Waals surface area contributed by atoms with Gasteiger partial charge in [0.15, 0.2) is 0 Å². The van der Waals surface area contributed by atoms with Gasteiger partial charge in [-0.2, -0.15) is 0 Å². The number of carbonyl (C=O) groups is 1. The molecule has 0 amide bonds. The SMILES string of the molecule is CC(CN1CCC(O)C1)C(=O)O. The third kappa shape index (κ3) is 2.46. The molecule has 0 bridgehead atoms. The number of hydrogen-bond donors (Lipinski definition) is 2. The van der Waals surface area contributed by atoms with Gasteiger partial charge in [-0.1, -0.05) is 6.92 Å². The van der Waals surface area contributed by atoms with E-state index in [1.807, 2.05) is 4.90 Å². The minimum absolute atomic E-state index is 0.258. The maximum atomic E-state index is 10.5. The zero-order valence-electron chi connectivity index (χ0n) is 7.23. The van der Waals surface area contributed by atoms with Gasteiger partial charge in [-0.3, -0.25) is 9.69 Å². The van der Waals surface area contributed by atoms with Crippen LogP contribution in [0.2, 0.25) is 0 Å². The summed E-state index contributed by atoms with van der Waals surface area (Å²) in [7, 11) is 0. The molecule has 4 heteroatoms. The maximum absolute atomic E-state index is 10.5. The molecule has 70 valence electrons. The Labute approximate surface area is 71.8 Å². The van der Waals surface area contributed by atoms with Gasteiger partial charge in [0.05, 0.1) is 12.0 Å². The van der Waals surface area contributed by atoms with E-state index in [1.54, 1.807) is 6.92 Å². The Morgan fingerprint density at radius 1 is 1.75 bits per heavy atom. The fourth-order valence-electron chi connectivity index (χ4n) is 1.44. The Hall–Kier alpha value is -0.610. The zero-order chi connectivity index (χ0) is 9.14. The van der Waals surface area contributed by atoms with E-state index in [0.29, 0.717) is 13.1 Å². The summed E-state index contributed by atoms with van der Waals surface area (Å²) >= 11 is 0. The molecule has 0 saturated carbocycles. The molecular formula is C8H15NO3. The van der Waals surface area contributed by atoms with Crippen LogP contribution in [-0.2, 0) is 4.79 Å². The van der Waals surface area contributed by atoms with Gasteiger partial charge in [0.2, 0.25) is 0 Å². The molecule has 2 atom stereocenters. The van der Waals surface area contributed by atoms with Crippen LogP contribution in [-0.4, -0.2) is 46.8 Å². The van der Waals surface area contributed by atoms with Crippen molar-refractivity contribution >= 4 is 5.97 Å². The first kappa shape index (κ1) is 9.48. The summed E-state index contributed by atoms with van der Waals surface area (Å²) in [6, 6.07) is 0. The smallest absolute Gasteiger partial charge is 0.307 e. The van der Waals surface area contributed by atoms with Crippen LogP contribution in [0.25, 0.3) is 0 Å². The number of β-amino-alcohol motifs (C(OH)–C–C–N with tert-alkyl or cyclic N) is 1. The van der Waals surface area contributed by atoms with Crippen LogP contribution in [0.15, 0.2) is 0 Å². The highest BCUT2D eigenvalue weighted by atomic mass is 16.4. The second kappa shape index (κ2) is 3.87. The minimum atomic E-state index is -0.767. The molecule has 1 rings (SSSR count). The first-order chi connectivity index (χ1) is 5.59. The number of hydrogen-bond acceptors (Lipinski definition) is 3. The second-order valence-corrected chi connectivity index (χ2v) is 3.44. The minimum Gasteiger partial charge on any atom is -0.481 e. The van der Waals surface area contributed by atoms with Crippen molar-refractivity contribution in [3.8, 4) is 0 Å². The Kier molecular flexibility index (Phi) is 3.05. The topological polar surface area (TPSA) is 60.8 Å². The summed E-state index contributed by atoms with van der Waals surface area (Å²) in [5.74, 6) is -1.10. The number of nitrogens with zero attached hydrogens (tertiary/aromatic N) is 1. The van der Waals surface area contributed by atoms with Crippen LogP contribution >= 0.6 is 0 Å². The highest BCUT2D eigenvalue weighted by Crippen LogP contribution is 2.10. The lowest BCUT2D eigenvalue weighted by Crippen LogP contribution is -2.30. The van der Waals surface area contributed by atoms with Gasteiger partial charge in [0.1, 0.15) is 0 Å². The number of aliphatic hydroxyl groups excluding tert-OH is 1. The fourth-order valence-corrected chi connectivity index (χ4v) is 1.44. The zero-order valence-corrected chi connectivity index (χ0v) is 7.23. The third-order valence-corrected chi connectivity index (χ3v) is 2.20. The highest BCUT2D eigenvalue weighted by Gasteiger charge is 2.23. The quantitative estimate of drug-likeness (QED) is 0.619. The van der Waals surface area contributed by atoms with Crippen molar-refractivity contribution in [3.05, 3.63) is 0 Å². The van der Waals surface area contributed by atoms with E-state index in [-0.39, 0.29) is 12.0 Å². The Morgan fingerprint density at radius 3 is 2.83 bits per heavy atom. The number of aliphatic hydroxyl groups is 1. The molecule has 0 spiro atoms. The molecular weight excluding hydrogens is 158 g/mol. The molecule has 1 fully saturated rings. The van der Waals surface area contributed by atoms with Gasteiger partial charge in [-0.15, -0.1) is 0 Å². The van der Waals surface area contributed by atoms with Gasteiger partial charge in [0, 0.05) is 19.6 Å². The molecule has 1 aliphatic heterocycles. The molecule has 2 unspecified atom stereocenters. The molecule has 0 aliphatic carbocycles. The van der Waals surface area contributed by atoms with Crippen molar-refractivity contribution in [2.24, 2.45) is 5.92 Å². The maximum Gasteiger partial charge on any atom is 0.307 e. The lowest BCUT2D eigenvalue weighted by Gasteiger charge is -2.16. The Morgan fingerprint density at radius 2 is 2.42 bits per heavy atom. The predicted molar refractivity (Wildman–Crippen MR) is 43.9 cm³/mol. The lowest BCUT2D eigenvalue weighted by atomic mass is 10.2. The van der Waals surface area contributed by atoms with Crippen molar-refractivity contribution in [2.75, 3.05) is 19.6 Å². The van der Waals surface area contributed by atoms with E-state index in [2.05, 4.69) is 0 Å². The lowest BCUT2D eigenvalue weighted by molar-refractivity contribution is -0.141. The summed E-state index contributed by atoms with van der Waals surface area (Å²) in [6.45, 7) is 3.68. The Balaban J connectivity index is 2.27. The van der Waals surface area contributed by atoms with Crippen molar-refractivity contribution in [2.45, 2.75) is 19.4 Å². The first-order valence-corrected chi connectivity index (χ1v) is 4.23. The largest absolute Gasteiger partial charge is 0.481 e. The number of carboxylic acids is 1. The van der Waals surface area contributed by atoms with Crippen molar-refractivity contribution in [1.29, 1.82) is 0 Å². The average Bonchev–Trinajstić information content (AvgIpc) is 2.35. The van der Waals surface area contributed by atoms with Gasteiger partial charge < -0.3 is 10.2 Å². The van der Waals surface area contributed by atoms with E-state index in [4.69, 9.17) is 10.2 Å². The molecule has 0 aromatic carbocycles. The number of carboxylic acid groups (broad SMARTS) is 1. The van der Waals surface area contributed by atoms with Crippen molar-refractivity contribution in [3.63, 3.8) is 0 Å². The van der Waals surface area contributed by atoms with Gasteiger partial charge in [-0.25, -0.2) is 0 Å². The second-order valence-electron chi connectivity index (χ2n) is 3.44. The third-order valence-electron chi connectivity index (χ3n) is 2.20. The fraction of sp³-hybridized carbons (Fsp3) is 0.875. The van der Waals surface area contributed by atoms with Crippen LogP contribution in [0.5, 0.6) is 0 Å². The molecule has 0 radical (unpaired) electrons. The monoisotopic (exact) mass is 173 g/mol. The standard InChI is InChI=1S/C8H15NO3/c1-6(8(11)12)4-9-3-2-7(10)5-9/h6-7,10H,2-5H2,1H3,(H,11,12). The molecule has 1 aliphatic rings. The van der Waals surface area contributed by atoms with E-state index in [0.717, 1.165) is 13.0 Å². The summed E-state index contributed by atoms with van der Waals surface area (Å²) in [5, 5.41) is 17.8. The summed E-state index contributed by atoms with van der Waals surface area (Å²) in [5.41, 5.74) is 0. The average molecular weight is 173 g/mol. The molecule has 2 N–H and O–H groups in total. The summed E-state index contributed by atoms with van der Waals surface area (Å²) in [4.78, 5) is 12.5. The van der Waals surface area contributed by atoms with Gasteiger partial charge in [-0.05, 0) is 6.42 Å². The van der Waals surface area contributed by atoms with E-state index < -0.39 is 5.97 Å². The van der Waals surface area contributed by atoms with Crippen molar-refractivity contribution in [1.82, 2.24) is 4.90 Å². The molecule has 1 saturated heterocycles.